The number of pyridine rings is 1. The number of alkyl halides is 1. The summed E-state index contributed by atoms with van der Waals surface area (Å²) in [5.41, 5.74) is -0.425. The molecule has 2 aromatic heterocycles. The van der Waals surface area contributed by atoms with Gasteiger partial charge in [-0.25, -0.2) is 17.6 Å². The Bertz CT molecular complexity index is 1710. The highest BCUT2D eigenvalue weighted by Crippen LogP contribution is 2.41. The first-order valence-corrected chi connectivity index (χ1v) is 14.6. The fourth-order valence-corrected chi connectivity index (χ4v) is 7.64. The third kappa shape index (κ3) is 4.11. The molecule has 218 valence electrons. The van der Waals surface area contributed by atoms with Crippen LogP contribution in [0, 0.1) is 17.5 Å². The van der Waals surface area contributed by atoms with Gasteiger partial charge in [0.25, 0.3) is 0 Å². The summed E-state index contributed by atoms with van der Waals surface area (Å²) in [5, 5.41) is 4.40. The van der Waals surface area contributed by atoms with E-state index < -0.39 is 29.2 Å². The quantitative estimate of drug-likeness (QED) is 0.329. The van der Waals surface area contributed by atoms with Gasteiger partial charge in [0.1, 0.15) is 29.8 Å². The monoisotopic (exact) mass is 578 g/mol. The molecule has 0 amide bonds. The smallest absolute Gasteiger partial charge is 0.319 e. The molecule has 1 N–H and O–H groups in total. The summed E-state index contributed by atoms with van der Waals surface area (Å²) in [6, 6.07) is 7.94. The van der Waals surface area contributed by atoms with Crippen molar-refractivity contribution < 1.29 is 22.3 Å². The van der Waals surface area contributed by atoms with Gasteiger partial charge in [-0.3, -0.25) is 9.88 Å². The van der Waals surface area contributed by atoms with E-state index in [4.69, 9.17) is 9.72 Å². The molecule has 4 aromatic rings. The second kappa shape index (κ2) is 9.74. The molecule has 6 heterocycles. The fraction of sp³-hybridized carbons (Fsp3) is 0.452. The van der Waals surface area contributed by atoms with Gasteiger partial charge in [-0.15, -0.1) is 0 Å². The van der Waals surface area contributed by atoms with Gasteiger partial charge in [-0.05, 0) is 43.7 Å². The zero-order chi connectivity index (χ0) is 28.6. The lowest BCUT2D eigenvalue weighted by Gasteiger charge is -2.34. The number of halogens is 4. The molecule has 4 atom stereocenters. The number of ether oxygens (including phenoxy) is 1. The molecule has 8 rings (SSSR count). The van der Waals surface area contributed by atoms with Gasteiger partial charge < -0.3 is 15.0 Å². The van der Waals surface area contributed by atoms with Gasteiger partial charge in [0.2, 0.25) is 0 Å². The lowest BCUT2D eigenvalue weighted by atomic mass is 9.95. The van der Waals surface area contributed by atoms with Crippen molar-refractivity contribution in [2.75, 3.05) is 37.7 Å². The van der Waals surface area contributed by atoms with Gasteiger partial charge in [-0.2, -0.15) is 9.97 Å². The standard InChI is InChI=1S/C31H30F4N6O/c32-18-11-31(9-2-10-41(31)13-18)16-42-30-38-28-22(29(39-30)40-14-19-6-7-20(15-40)37-19)12-36-27(26(28)35)21-4-1-3-17-5-8-23(33)25(34)24(17)21/h1,3-5,8,12,18-20,37H,2,6-7,9-11,13-16H2/t18-,19?,20?,31+/m1/s1. The van der Waals surface area contributed by atoms with Gasteiger partial charge in [0.05, 0.1) is 10.9 Å². The third-order valence-corrected chi connectivity index (χ3v) is 9.58. The molecule has 2 bridgehead atoms. The maximum atomic E-state index is 16.5. The second-order valence-electron chi connectivity index (χ2n) is 12.2. The number of anilines is 1. The van der Waals surface area contributed by atoms with E-state index in [9.17, 15) is 8.78 Å². The fourth-order valence-electron chi connectivity index (χ4n) is 7.64. The summed E-state index contributed by atoms with van der Waals surface area (Å²) in [6.07, 6.45) is 4.88. The summed E-state index contributed by atoms with van der Waals surface area (Å²) in [4.78, 5) is 18.0. The van der Waals surface area contributed by atoms with Crippen molar-refractivity contribution in [2.24, 2.45) is 0 Å². The number of nitrogens with zero attached hydrogens (tertiary/aromatic N) is 5. The number of aromatic nitrogens is 3. The number of piperazine rings is 1. The van der Waals surface area contributed by atoms with Crippen molar-refractivity contribution in [1.82, 2.24) is 25.2 Å². The van der Waals surface area contributed by atoms with Crippen LogP contribution < -0.4 is 15.0 Å². The zero-order valence-corrected chi connectivity index (χ0v) is 22.9. The predicted molar refractivity (Wildman–Crippen MR) is 151 cm³/mol. The first kappa shape index (κ1) is 26.1. The average molecular weight is 579 g/mol. The summed E-state index contributed by atoms with van der Waals surface area (Å²) in [6.45, 7) is 2.81. The minimum absolute atomic E-state index is 0.00439. The molecule has 2 aromatic carbocycles. The summed E-state index contributed by atoms with van der Waals surface area (Å²) < 4.78 is 66.3. The lowest BCUT2D eigenvalue weighted by Crippen LogP contribution is -2.51. The van der Waals surface area contributed by atoms with Crippen LogP contribution >= 0.6 is 0 Å². The van der Waals surface area contributed by atoms with E-state index in [-0.39, 0.29) is 34.8 Å². The van der Waals surface area contributed by atoms with Crippen molar-refractivity contribution >= 4 is 27.5 Å². The number of fused-ring (bicyclic) bond motifs is 5. The van der Waals surface area contributed by atoms with Gasteiger partial charge >= 0.3 is 6.01 Å². The Morgan fingerprint density at radius 2 is 1.83 bits per heavy atom. The Morgan fingerprint density at radius 1 is 1.00 bits per heavy atom. The molecule has 0 radical (unpaired) electrons. The molecule has 2 unspecified atom stereocenters. The SMILES string of the molecule is Fc1ccc2cccc(-c3ncc4c(N5CC6CCC(C5)N6)nc(OC[C@@]56CCCN5C[C@H](F)C6)nc4c3F)c2c1F. The van der Waals surface area contributed by atoms with Crippen molar-refractivity contribution in [3.63, 3.8) is 0 Å². The topological polar surface area (TPSA) is 66.4 Å². The van der Waals surface area contributed by atoms with Crippen LogP contribution in [0.25, 0.3) is 32.9 Å². The van der Waals surface area contributed by atoms with Gasteiger partial charge in [0.15, 0.2) is 17.5 Å². The Labute approximate surface area is 239 Å². The first-order chi connectivity index (χ1) is 20.4. The number of nitrogens with one attached hydrogen (secondary N) is 1. The van der Waals surface area contributed by atoms with Crippen LogP contribution in [0.1, 0.15) is 32.1 Å². The van der Waals surface area contributed by atoms with Gasteiger partial charge in [-0.1, -0.05) is 24.3 Å². The van der Waals surface area contributed by atoms with Crippen LogP contribution in [-0.2, 0) is 0 Å². The van der Waals surface area contributed by atoms with Crippen LogP contribution in [0.4, 0.5) is 23.4 Å². The van der Waals surface area contributed by atoms with Crippen LogP contribution in [0.2, 0.25) is 0 Å². The summed E-state index contributed by atoms with van der Waals surface area (Å²) >= 11 is 0. The molecule has 4 saturated heterocycles. The highest BCUT2D eigenvalue weighted by molar-refractivity contribution is 5.99. The molecular formula is C31H30F4N6O. The largest absolute Gasteiger partial charge is 0.461 e. The Balaban J connectivity index is 1.25. The van der Waals surface area contributed by atoms with E-state index in [1.807, 2.05) is 0 Å². The highest BCUT2D eigenvalue weighted by Gasteiger charge is 2.49. The number of benzene rings is 2. The molecule has 4 aliphatic heterocycles. The number of hydrogen-bond acceptors (Lipinski definition) is 7. The number of hydrogen-bond donors (Lipinski definition) is 1. The Morgan fingerprint density at radius 3 is 2.67 bits per heavy atom. The van der Waals surface area contributed by atoms with Crippen LogP contribution in [0.3, 0.4) is 0 Å². The molecule has 0 saturated carbocycles. The van der Waals surface area contributed by atoms with Crippen molar-refractivity contribution in [3.8, 4) is 17.3 Å². The van der Waals surface area contributed by atoms with E-state index in [1.54, 1.807) is 12.1 Å². The van der Waals surface area contributed by atoms with Crippen LogP contribution in [-0.4, -0.2) is 76.4 Å². The van der Waals surface area contributed by atoms with E-state index in [2.05, 4.69) is 25.1 Å². The first-order valence-electron chi connectivity index (χ1n) is 14.6. The molecule has 4 aliphatic rings. The van der Waals surface area contributed by atoms with Crippen LogP contribution in [0.5, 0.6) is 6.01 Å². The molecule has 4 fully saturated rings. The Hall–Kier alpha value is -3.57. The molecule has 0 spiro atoms. The summed E-state index contributed by atoms with van der Waals surface area (Å²) in [7, 11) is 0. The van der Waals surface area contributed by atoms with E-state index in [0.717, 1.165) is 38.3 Å². The molecule has 42 heavy (non-hydrogen) atoms. The maximum absolute atomic E-state index is 16.5. The summed E-state index contributed by atoms with van der Waals surface area (Å²) in [5.74, 6) is -2.32. The van der Waals surface area contributed by atoms with E-state index >= 15 is 8.78 Å². The third-order valence-electron chi connectivity index (χ3n) is 9.58. The predicted octanol–water partition coefficient (Wildman–Crippen LogP) is 5.16. The number of rotatable bonds is 5. The van der Waals surface area contributed by atoms with E-state index in [0.29, 0.717) is 54.7 Å². The maximum Gasteiger partial charge on any atom is 0.319 e. The van der Waals surface area contributed by atoms with Gasteiger partial charge in [0, 0.05) is 55.3 Å². The van der Waals surface area contributed by atoms with Crippen molar-refractivity contribution in [2.45, 2.75) is 55.9 Å². The molecular weight excluding hydrogens is 548 g/mol. The Kier molecular flexibility index (Phi) is 6.05. The van der Waals surface area contributed by atoms with Crippen LogP contribution in [0.15, 0.2) is 36.5 Å². The molecule has 11 heteroatoms. The van der Waals surface area contributed by atoms with Crippen molar-refractivity contribution in [3.05, 3.63) is 54.0 Å². The minimum Gasteiger partial charge on any atom is -0.461 e. The average Bonchev–Trinajstić information content (AvgIpc) is 3.64. The normalized spacial score (nSPS) is 27.3. The molecule has 7 nitrogen and oxygen atoms in total. The highest BCUT2D eigenvalue weighted by atomic mass is 19.2. The molecule has 0 aliphatic carbocycles. The van der Waals surface area contributed by atoms with E-state index in [1.165, 1.54) is 18.3 Å². The van der Waals surface area contributed by atoms with Crippen molar-refractivity contribution in [1.29, 1.82) is 0 Å². The lowest BCUT2D eigenvalue weighted by molar-refractivity contribution is 0.107. The zero-order valence-electron chi connectivity index (χ0n) is 22.9. The second-order valence-corrected chi connectivity index (χ2v) is 12.2. The minimum atomic E-state index is -1.06.